The SMILES string of the molecule is Cc1ccc(-n2ccc(C(F)(F)F)n2)c(CBr)c1. The smallest absolute Gasteiger partial charge is 0.240 e. The number of aromatic nitrogens is 2. The van der Waals surface area contributed by atoms with Crippen LogP contribution in [0.3, 0.4) is 0 Å². The molecule has 2 aromatic rings. The minimum absolute atomic E-state index is 0.561. The summed E-state index contributed by atoms with van der Waals surface area (Å²) in [6, 6.07) is 6.49. The Bertz CT molecular complexity index is 561. The van der Waals surface area contributed by atoms with Crippen molar-refractivity contribution in [2.75, 3.05) is 0 Å². The monoisotopic (exact) mass is 318 g/mol. The van der Waals surface area contributed by atoms with Gasteiger partial charge in [-0.25, -0.2) is 4.68 Å². The summed E-state index contributed by atoms with van der Waals surface area (Å²) in [5.41, 5.74) is 1.71. The lowest BCUT2D eigenvalue weighted by atomic mass is 10.1. The topological polar surface area (TPSA) is 17.8 Å². The molecule has 0 N–H and O–H groups in total. The number of rotatable bonds is 2. The van der Waals surface area contributed by atoms with Gasteiger partial charge in [-0.1, -0.05) is 33.6 Å². The van der Waals surface area contributed by atoms with Crippen LogP contribution in [0.4, 0.5) is 13.2 Å². The van der Waals surface area contributed by atoms with E-state index in [1.165, 1.54) is 10.9 Å². The summed E-state index contributed by atoms with van der Waals surface area (Å²) in [5.74, 6) is 0. The Balaban J connectivity index is 2.46. The zero-order valence-electron chi connectivity index (χ0n) is 9.50. The summed E-state index contributed by atoms with van der Waals surface area (Å²) in [6.45, 7) is 1.93. The zero-order chi connectivity index (χ0) is 13.3. The second-order valence-electron chi connectivity index (χ2n) is 3.91. The van der Waals surface area contributed by atoms with E-state index in [1.54, 1.807) is 6.07 Å². The number of aryl methyl sites for hydroxylation is 1. The van der Waals surface area contributed by atoms with Crippen molar-refractivity contribution in [3.8, 4) is 5.69 Å². The van der Waals surface area contributed by atoms with Crippen molar-refractivity contribution in [2.24, 2.45) is 0 Å². The first kappa shape index (κ1) is 13.1. The van der Waals surface area contributed by atoms with E-state index in [9.17, 15) is 13.2 Å². The molecular weight excluding hydrogens is 309 g/mol. The van der Waals surface area contributed by atoms with Crippen LogP contribution in [0.1, 0.15) is 16.8 Å². The van der Waals surface area contributed by atoms with Gasteiger partial charge in [0.05, 0.1) is 5.69 Å². The third-order valence-corrected chi connectivity index (χ3v) is 3.11. The molecule has 0 saturated heterocycles. The standard InChI is InChI=1S/C12H10BrF3N2/c1-8-2-3-10(9(6-8)7-13)18-5-4-11(17-18)12(14,15)16/h2-6H,7H2,1H3. The third kappa shape index (κ3) is 2.58. The molecule has 18 heavy (non-hydrogen) atoms. The summed E-state index contributed by atoms with van der Waals surface area (Å²) in [4.78, 5) is 0. The fourth-order valence-electron chi connectivity index (χ4n) is 1.65. The highest BCUT2D eigenvalue weighted by Crippen LogP contribution is 2.28. The van der Waals surface area contributed by atoms with Gasteiger partial charge in [-0.05, 0) is 24.6 Å². The Morgan fingerprint density at radius 3 is 2.56 bits per heavy atom. The molecule has 6 heteroatoms. The third-order valence-electron chi connectivity index (χ3n) is 2.51. The van der Waals surface area contributed by atoms with Crippen molar-refractivity contribution in [3.05, 3.63) is 47.3 Å². The van der Waals surface area contributed by atoms with Crippen LogP contribution in [0.2, 0.25) is 0 Å². The van der Waals surface area contributed by atoms with E-state index in [1.807, 2.05) is 19.1 Å². The molecule has 0 aliphatic carbocycles. The maximum Gasteiger partial charge on any atom is 0.435 e. The molecule has 0 saturated carbocycles. The fraction of sp³-hybridized carbons (Fsp3) is 0.250. The van der Waals surface area contributed by atoms with Gasteiger partial charge in [-0.15, -0.1) is 0 Å². The van der Waals surface area contributed by atoms with Gasteiger partial charge in [-0.2, -0.15) is 18.3 Å². The normalized spacial score (nSPS) is 11.8. The highest BCUT2D eigenvalue weighted by molar-refractivity contribution is 9.08. The van der Waals surface area contributed by atoms with Crippen LogP contribution in [-0.4, -0.2) is 9.78 Å². The largest absolute Gasteiger partial charge is 0.435 e. The van der Waals surface area contributed by atoms with Crippen molar-refractivity contribution in [1.82, 2.24) is 9.78 Å². The second kappa shape index (κ2) is 4.76. The van der Waals surface area contributed by atoms with Crippen LogP contribution in [0, 0.1) is 6.92 Å². The van der Waals surface area contributed by atoms with Gasteiger partial charge in [0.2, 0.25) is 0 Å². The van der Waals surface area contributed by atoms with Crippen LogP contribution in [-0.2, 0) is 11.5 Å². The molecule has 1 heterocycles. The van der Waals surface area contributed by atoms with Gasteiger partial charge >= 0.3 is 6.18 Å². The molecule has 96 valence electrons. The van der Waals surface area contributed by atoms with Crippen molar-refractivity contribution in [1.29, 1.82) is 0 Å². The number of alkyl halides is 4. The lowest BCUT2D eigenvalue weighted by Gasteiger charge is -2.08. The fourth-order valence-corrected chi connectivity index (χ4v) is 2.10. The molecule has 1 aromatic carbocycles. The van der Waals surface area contributed by atoms with Crippen molar-refractivity contribution in [3.63, 3.8) is 0 Å². The highest BCUT2D eigenvalue weighted by Gasteiger charge is 2.33. The predicted molar refractivity (Wildman–Crippen MR) is 65.9 cm³/mol. The van der Waals surface area contributed by atoms with Gasteiger partial charge in [-0.3, -0.25) is 0 Å². The molecule has 0 amide bonds. The average molecular weight is 319 g/mol. The lowest BCUT2D eigenvalue weighted by Crippen LogP contribution is -2.08. The molecule has 0 bridgehead atoms. The molecule has 2 rings (SSSR count). The maximum absolute atomic E-state index is 12.5. The summed E-state index contributed by atoms with van der Waals surface area (Å²) in [5, 5.41) is 4.12. The summed E-state index contributed by atoms with van der Waals surface area (Å²) < 4.78 is 38.7. The zero-order valence-corrected chi connectivity index (χ0v) is 11.1. The van der Waals surface area contributed by atoms with Gasteiger partial charge in [0.1, 0.15) is 0 Å². The minimum Gasteiger partial charge on any atom is -0.240 e. The molecule has 0 aliphatic heterocycles. The molecule has 0 spiro atoms. The number of halogens is 4. The lowest BCUT2D eigenvalue weighted by molar-refractivity contribution is -0.141. The Kier molecular flexibility index (Phi) is 3.47. The number of hydrogen-bond acceptors (Lipinski definition) is 1. The van der Waals surface area contributed by atoms with Crippen molar-refractivity contribution >= 4 is 15.9 Å². The summed E-state index contributed by atoms with van der Waals surface area (Å²) in [6.07, 6.45) is -3.09. The average Bonchev–Trinajstić information content (AvgIpc) is 2.77. The van der Waals surface area contributed by atoms with E-state index in [2.05, 4.69) is 21.0 Å². The van der Waals surface area contributed by atoms with E-state index in [0.717, 1.165) is 17.2 Å². The maximum atomic E-state index is 12.5. The van der Waals surface area contributed by atoms with Gasteiger partial charge in [0.25, 0.3) is 0 Å². The Morgan fingerprint density at radius 2 is 2.00 bits per heavy atom. The molecule has 2 nitrogen and oxygen atoms in total. The van der Waals surface area contributed by atoms with Gasteiger partial charge < -0.3 is 0 Å². The quantitative estimate of drug-likeness (QED) is 0.762. The number of hydrogen-bond donors (Lipinski definition) is 0. The second-order valence-corrected chi connectivity index (χ2v) is 4.47. The molecular formula is C12H10BrF3N2. The van der Waals surface area contributed by atoms with E-state index in [-0.39, 0.29) is 0 Å². The van der Waals surface area contributed by atoms with Crippen LogP contribution in [0.25, 0.3) is 5.69 Å². The number of benzene rings is 1. The first-order valence-electron chi connectivity index (χ1n) is 5.20. The Labute approximate surface area is 111 Å². The number of nitrogens with zero attached hydrogens (tertiary/aromatic N) is 2. The Hall–Kier alpha value is -1.30. The van der Waals surface area contributed by atoms with Crippen LogP contribution < -0.4 is 0 Å². The van der Waals surface area contributed by atoms with E-state index in [0.29, 0.717) is 11.0 Å². The van der Waals surface area contributed by atoms with Crippen molar-refractivity contribution < 1.29 is 13.2 Å². The van der Waals surface area contributed by atoms with E-state index in [4.69, 9.17) is 0 Å². The van der Waals surface area contributed by atoms with E-state index < -0.39 is 11.9 Å². The van der Waals surface area contributed by atoms with Crippen LogP contribution in [0.5, 0.6) is 0 Å². The minimum atomic E-state index is -4.41. The summed E-state index contributed by atoms with van der Waals surface area (Å²) in [7, 11) is 0. The Morgan fingerprint density at radius 1 is 1.28 bits per heavy atom. The first-order chi connectivity index (χ1) is 8.41. The molecule has 1 aromatic heterocycles. The molecule has 0 aliphatic rings. The van der Waals surface area contributed by atoms with Crippen molar-refractivity contribution in [2.45, 2.75) is 18.4 Å². The predicted octanol–water partition coefficient (Wildman–Crippen LogP) is 4.09. The summed E-state index contributed by atoms with van der Waals surface area (Å²) >= 11 is 3.32. The van der Waals surface area contributed by atoms with Crippen LogP contribution in [0.15, 0.2) is 30.5 Å². The molecule has 0 atom stereocenters. The van der Waals surface area contributed by atoms with Crippen LogP contribution >= 0.6 is 15.9 Å². The van der Waals surface area contributed by atoms with E-state index >= 15 is 0 Å². The van der Waals surface area contributed by atoms with Gasteiger partial charge in [0.15, 0.2) is 5.69 Å². The molecule has 0 fully saturated rings. The molecule has 0 unspecified atom stereocenters. The molecule has 0 radical (unpaired) electrons. The highest BCUT2D eigenvalue weighted by atomic mass is 79.9. The first-order valence-corrected chi connectivity index (χ1v) is 6.32. The van der Waals surface area contributed by atoms with Gasteiger partial charge in [0, 0.05) is 11.5 Å².